The summed E-state index contributed by atoms with van der Waals surface area (Å²) in [6.07, 6.45) is 0. The molecular weight excluding hydrogens is 280 g/mol. The number of carbonyl (C=O) groups excluding carboxylic acids is 1. The van der Waals surface area contributed by atoms with Crippen molar-refractivity contribution in [3.63, 3.8) is 0 Å². The van der Waals surface area contributed by atoms with E-state index in [0.29, 0.717) is 4.91 Å². The first-order chi connectivity index (χ1) is 10.1. The summed E-state index contributed by atoms with van der Waals surface area (Å²) < 4.78 is 0. The average Bonchev–Trinajstić information content (AvgIpc) is 2.49. The number of hydrogen-bond donors (Lipinski definition) is 2. The number of hydrogen-bond acceptors (Lipinski definition) is 3. The van der Waals surface area contributed by atoms with Crippen molar-refractivity contribution in [3.8, 4) is 0 Å². The van der Waals surface area contributed by atoms with Crippen LogP contribution >= 0.6 is 11.8 Å². The van der Waals surface area contributed by atoms with Crippen molar-refractivity contribution in [1.82, 2.24) is 0 Å². The normalized spacial score (nSPS) is 13.4. The molecule has 4 heteroatoms. The number of anilines is 2. The Bertz CT molecular complexity index is 720. The number of allylic oxidation sites excluding steroid dienone is 1. The van der Waals surface area contributed by atoms with Crippen LogP contribution in [0.4, 0.5) is 11.4 Å². The zero-order valence-electron chi connectivity index (χ0n) is 11.9. The predicted molar refractivity (Wildman–Crippen MR) is 88.4 cm³/mol. The monoisotopic (exact) mass is 296 g/mol. The molecule has 0 aliphatic carbocycles. The molecule has 3 rings (SSSR count). The highest BCUT2D eigenvalue weighted by molar-refractivity contribution is 8.04. The third kappa shape index (κ3) is 2.95. The number of benzene rings is 2. The molecule has 1 aliphatic heterocycles. The van der Waals surface area contributed by atoms with Gasteiger partial charge in [0.25, 0.3) is 5.91 Å². The topological polar surface area (TPSA) is 41.1 Å². The lowest BCUT2D eigenvalue weighted by Crippen LogP contribution is -2.18. The van der Waals surface area contributed by atoms with Crippen LogP contribution in [-0.2, 0) is 4.79 Å². The molecule has 2 aromatic carbocycles. The third-order valence-corrected chi connectivity index (χ3v) is 4.55. The number of aryl methyl sites for hydroxylation is 1. The van der Waals surface area contributed by atoms with Gasteiger partial charge in [0, 0.05) is 16.3 Å². The Hall–Kier alpha value is -2.20. The molecule has 0 saturated carbocycles. The molecule has 1 amide bonds. The molecule has 2 aromatic rings. The van der Waals surface area contributed by atoms with E-state index in [2.05, 4.69) is 10.6 Å². The highest BCUT2D eigenvalue weighted by atomic mass is 32.2. The van der Waals surface area contributed by atoms with E-state index in [0.717, 1.165) is 22.0 Å². The predicted octanol–water partition coefficient (Wildman–Crippen LogP) is 4.38. The molecular formula is C17H16N2OS. The lowest BCUT2D eigenvalue weighted by molar-refractivity contribution is -0.112. The number of para-hydroxylation sites is 1. The zero-order valence-corrected chi connectivity index (χ0v) is 12.8. The first kappa shape index (κ1) is 13.8. The standard InChI is InChI=1S/C17H16N2OS/c1-11-7-9-13(10-8-11)19-17(20)16-12(2)18-14-5-3-4-6-15(14)21-16/h3-10,18H,1-2H3,(H,19,20). The minimum Gasteiger partial charge on any atom is -0.357 e. The Labute approximate surface area is 128 Å². The number of carbonyl (C=O) groups is 1. The van der Waals surface area contributed by atoms with Gasteiger partial charge in [0.2, 0.25) is 0 Å². The van der Waals surface area contributed by atoms with Gasteiger partial charge in [-0.25, -0.2) is 0 Å². The summed E-state index contributed by atoms with van der Waals surface area (Å²) in [5, 5.41) is 6.23. The fourth-order valence-electron chi connectivity index (χ4n) is 2.15. The molecule has 0 spiro atoms. The van der Waals surface area contributed by atoms with Crippen molar-refractivity contribution < 1.29 is 4.79 Å². The molecule has 0 aromatic heterocycles. The third-order valence-electron chi connectivity index (χ3n) is 3.28. The van der Waals surface area contributed by atoms with Crippen molar-refractivity contribution in [1.29, 1.82) is 0 Å². The molecule has 106 valence electrons. The van der Waals surface area contributed by atoms with Gasteiger partial charge in [-0.05, 0) is 38.1 Å². The number of fused-ring (bicyclic) bond motifs is 1. The lowest BCUT2D eigenvalue weighted by atomic mass is 10.2. The van der Waals surface area contributed by atoms with Crippen molar-refractivity contribution in [2.24, 2.45) is 0 Å². The van der Waals surface area contributed by atoms with Gasteiger partial charge in [-0.15, -0.1) is 0 Å². The highest BCUT2D eigenvalue weighted by Gasteiger charge is 2.21. The van der Waals surface area contributed by atoms with Crippen LogP contribution in [0, 0.1) is 6.92 Å². The number of thioether (sulfide) groups is 1. The van der Waals surface area contributed by atoms with Crippen molar-refractivity contribution in [2.75, 3.05) is 10.6 Å². The van der Waals surface area contributed by atoms with Crippen molar-refractivity contribution in [3.05, 3.63) is 64.7 Å². The molecule has 0 saturated heterocycles. The van der Waals surface area contributed by atoms with Gasteiger partial charge in [0.15, 0.2) is 0 Å². The van der Waals surface area contributed by atoms with Gasteiger partial charge in [0.05, 0.1) is 10.6 Å². The molecule has 2 N–H and O–H groups in total. The lowest BCUT2D eigenvalue weighted by Gasteiger charge is -2.21. The van der Waals surface area contributed by atoms with E-state index >= 15 is 0 Å². The van der Waals surface area contributed by atoms with E-state index in [1.165, 1.54) is 17.3 Å². The van der Waals surface area contributed by atoms with Gasteiger partial charge in [-0.3, -0.25) is 4.79 Å². The molecule has 0 bridgehead atoms. The first-order valence-corrected chi connectivity index (χ1v) is 7.58. The average molecular weight is 296 g/mol. The summed E-state index contributed by atoms with van der Waals surface area (Å²) >= 11 is 1.50. The van der Waals surface area contributed by atoms with Crippen LogP contribution in [0.3, 0.4) is 0 Å². The SMILES string of the molecule is CC1=C(C(=O)Nc2ccc(C)cc2)Sc2ccccc2N1. The molecule has 0 unspecified atom stereocenters. The van der Waals surface area contributed by atoms with Crippen LogP contribution in [0.1, 0.15) is 12.5 Å². The molecule has 3 nitrogen and oxygen atoms in total. The van der Waals surface area contributed by atoms with E-state index in [1.807, 2.05) is 62.4 Å². The number of nitrogens with one attached hydrogen (secondary N) is 2. The summed E-state index contributed by atoms with van der Waals surface area (Å²) in [5.41, 5.74) is 3.91. The molecule has 0 fully saturated rings. The van der Waals surface area contributed by atoms with Gasteiger partial charge in [-0.1, -0.05) is 41.6 Å². The van der Waals surface area contributed by atoms with Crippen LogP contribution in [0.15, 0.2) is 64.0 Å². The summed E-state index contributed by atoms with van der Waals surface area (Å²) in [6.45, 7) is 3.95. The second-order valence-electron chi connectivity index (χ2n) is 5.00. The maximum Gasteiger partial charge on any atom is 0.264 e. The zero-order chi connectivity index (χ0) is 14.8. The fraction of sp³-hybridized carbons (Fsp3) is 0.118. The minimum atomic E-state index is -0.0802. The summed E-state index contributed by atoms with van der Waals surface area (Å²) in [6, 6.07) is 15.8. The van der Waals surface area contributed by atoms with Gasteiger partial charge in [0.1, 0.15) is 0 Å². The van der Waals surface area contributed by atoms with Crippen molar-refractivity contribution >= 4 is 29.0 Å². The Morgan fingerprint density at radius 3 is 2.52 bits per heavy atom. The molecule has 21 heavy (non-hydrogen) atoms. The van der Waals surface area contributed by atoms with E-state index in [9.17, 15) is 4.79 Å². The second kappa shape index (κ2) is 5.66. The van der Waals surface area contributed by atoms with E-state index < -0.39 is 0 Å². The van der Waals surface area contributed by atoms with Crippen LogP contribution in [0.2, 0.25) is 0 Å². The van der Waals surface area contributed by atoms with Crippen LogP contribution in [0.25, 0.3) is 0 Å². The first-order valence-electron chi connectivity index (χ1n) is 6.76. The highest BCUT2D eigenvalue weighted by Crippen LogP contribution is 2.39. The molecule has 0 atom stereocenters. The van der Waals surface area contributed by atoms with Crippen molar-refractivity contribution in [2.45, 2.75) is 18.7 Å². The van der Waals surface area contributed by atoms with Gasteiger partial charge in [-0.2, -0.15) is 0 Å². The van der Waals surface area contributed by atoms with E-state index in [-0.39, 0.29) is 5.91 Å². The number of rotatable bonds is 2. The van der Waals surface area contributed by atoms with Crippen LogP contribution in [-0.4, -0.2) is 5.91 Å². The second-order valence-corrected chi connectivity index (χ2v) is 6.05. The Balaban J connectivity index is 1.80. The molecule has 0 radical (unpaired) electrons. The Kier molecular flexibility index (Phi) is 3.71. The summed E-state index contributed by atoms with van der Waals surface area (Å²) in [4.78, 5) is 14.2. The van der Waals surface area contributed by atoms with Crippen LogP contribution < -0.4 is 10.6 Å². The maximum absolute atomic E-state index is 12.4. The van der Waals surface area contributed by atoms with E-state index in [1.54, 1.807) is 0 Å². The summed E-state index contributed by atoms with van der Waals surface area (Å²) in [7, 11) is 0. The Morgan fingerprint density at radius 1 is 1.05 bits per heavy atom. The Morgan fingerprint density at radius 2 is 1.76 bits per heavy atom. The number of amides is 1. The van der Waals surface area contributed by atoms with Crippen LogP contribution in [0.5, 0.6) is 0 Å². The molecule has 1 heterocycles. The van der Waals surface area contributed by atoms with Gasteiger partial charge < -0.3 is 10.6 Å². The summed E-state index contributed by atoms with van der Waals surface area (Å²) in [5.74, 6) is -0.0802. The largest absolute Gasteiger partial charge is 0.357 e. The van der Waals surface area contributed by atoms with E-state index in [4.69, 9.17) is 0 Å². The quantitative estimate of drug-likeness (QED) is 0.864. The smallest absolute Gasteiger partial charge is 0.264 e. The van der Waals surface area contributed by atoms with Gasteiger partial charge >= 0.3 is 0 Å². The fourth-order valence-corrected chi connectivity index (χ4v) is 3.09. The molecule has 1 aliphatic rings. The minimum absolute atomic E-state index is 0.0802. The maximum atomic E-state index is 12.4.